The number of methoxy groups -OCH3 is 1. The molecule has 0 saturated carbocycles. The summed E-state index contributed by atoms with van der Waals surface area (Å²) >= 11 is 0. The molecule has 1 aromatic rings. The van der Waals surface area contributed by atoms with E-state index < -0.39 is 29.2 Å². The van der Waals surface area contributed by atoms with Gasteiger partial charge in [0.1, 0.15) is 17.9 Å². The van der Waals surface area contributed by atoms with Gasteiger partial charge in [-0.2, -0.15) is 0 Å². The number of carbonyl (C=O) groups excluding carboxylic acids is 2. The monoisotopic (exact) mass is 372 g/mol. The summed E-state index contributed by atoms with van der Waals surface area (Å²) in [4.78, 5) is 27.7. The van der Waals surface area contributed by atoms with Gasteiger partial charge < -0.3 is 19.4 Å². The van der Waals surface area contributed by atoms with Gasteiger partial charge in [0.05, 0.1) is 5.68 Å². The number of carbonyl (C=O) groups is 2. The van der Waals surface area contributed by atoms with Crippen LogP contribution in [0.5, 0.6) is 5.75 Å². The zero-order valence-corrected chi connectivity index (χ0v) is 17.4. The van der Waals surface area contributed by atoms with Crippen LogP contribution in [0.25, 0.3) is 0 Å². The molecule has 1 unspecified atom stereocenters. The SMILES string of the molecule is [B]C(=O)CC(C)(C)c1c(C)c(C)c(C)c(C)c1OC(=O)C(C)N=C([O-])OC. The third-order valence-electron chi connectivity index (χ3n) is 4.94. The maximum atomic E-state index is 12.5. The minimum absolute atomic E-state index is 0.0996. The highest BCUT2D eigenvalue weighted by atomic mass is 16.6. The van der Waals surface area contributed by atoms with Crippen LogP contribution in [-0.2, 0) is 19.7 Å². The molecular weight excluding hydrogens is 345 g/mol. The van der Waals surface area contributed by atoms with Crippen LogP contribution in [0.2, 0.25) is 0 Å². The van der Waals surface area contributed by atoms with Gasteiger partial charge in [-0.3, -0.25) is 4.99 Å². The van der Waals surface area contributed by atoms with Gasteiger partial charge in [-0.25, -0.2) is 4.79 Å². The first-order valence-corrected chi connectivity index (χ1v) is 8.73. The van der Waals surface area contributed by atoms with Gasteiger partial charge in [0.2, 0.25) is 0 Å². The highest BCUT2D eigenvalue weighted by Gasteiger charge is 2.32. The smallest absolute Gasteiger partial charge is 0.336 e. The predicted molar refractivity (Wildman–Crippen MR) is 103 cm³/mol. The van der Waals surface area contributed by atoms with E-state index in [0.29, 0.717) is 5.75 Å². The Bertz CT molecular complexity index is 783. The number of hydrogen-bond acceptors (Lipinski definition) is 6. The van der Waals surface area contributed by atoms with E-state index in [1.165, 1.54) is 14.0 Å². The van der Waals surface area contributed by atoms with E-state index in [1.807, 2.05) is 41.5 Å². The fraction of sp³-hybridized carbons (Fsp3) is 0.550. The largest absolute Gasteiger partial charge is 0.604 e. The van der Waals surface area contributed by atoms with Crippen molar-refractivity contribution >= 4 is 25.6 Å². The van der Waals surface area contributed by atoms with Crippen LogP contribution >= 0.6 is 0 Å². The van der Waals surface area contributed by atoms with Crippen molar-refractivity contribution in [2.24, 2.45) is 4.99 Å². The van der Waals surface area contributed by atoms with Crippen molar-refractivity contribution in [3.63, 3.8) is 0 Å². The molecule has 2 radical (unpaired) electrons. The Morgan fingerprint density at radius 2 is 1.63 bits per heavy atom. The fourth-order valence-corrected chi connectivity index (χ4v) is 3.19. The van der Waals surface area contributed by atoms with E-state index in [1.54, 1.807) is 0 Å². The molecule has 0 fully saturated rings. The van der Waals surface area contributed by atoms with Crippen LogP contribution in [0.3, 0.4) is 0 Å². The lowest BCUT2D eigenvalue weighted by Crippen LogP contribution is -2.30. The molecule has 0 N–H and O–H groups in total. The minimum atomic E-state index is -1.02. The first-order valence-electron chi connectivity index (χ1n) is 8.73. The first kappa shape index (κ1) is 22.7. The summed E-state index contributed by atoms with van der Waals surface area (Å²) in [5, 5.41) is 11.3. The molecule has 0 bridgehead atoms. The topological polar surface area (TPSA) is 88.0 Å². The Hall–Kier alpha value is -2.31. The van der Waals surface area contributed by atoms with Gasteiger partial charge in [-0.05, 0) is 69.4 Å². The normalized spacial score (nSPS) is 13.3. The van der Waals surface area contributed by atoms with Gasteiger partial charge in [0, 0.05) is 12.0 Å². The van der Waals surface area contributed by atoms with Crippen molar-refractivity contribution in [2.75, 3.05) is 7.11 Å². The molecule has 0 spiro atoms. The van der Waals surface area contributed by atoms with E-state index in [0.717, 1.165) is 27.8 Å². The molecule has 27 heavy (non-hydrogen) atoms. The van der Waals surface area contributed by atoms with E-state index >= 15 is 0 Å². The number of ether oxygens (including phenoxy) is 2. The lowest BCUT2D eigenvalue weighted by Gasteiger charge is -2.31. The van der Waals surface area contributed by atoms with E-state index in [-0.39, 0.29) is 6.42 Å². The average molecular weight is 372 g/mol. The Balaban J connectivity index is 3.53. The third kappa shape index (κ3) is 5.11. The number of hydrogen-bond donors (Lipinski definition) is 0. The maximum Gasteiger partial charge on any atom is 0.336 e. The second kappa shape index (κ2) is 8.59. The molecule has 146 valence electrons. The van der Waals surface area contributed by atoms with E-state index in [9.17, 15) is 14.7 Å². The Kier molecular flexibility index (Phi) is 7.23. The van der Waals surface area contributed by atoms with Gasteiger partial charge in [0.25, 0.3) is 0 Å². The minimum Gasteiger partial charge on any atom is -0.604 e. The van der Waals surface area contributed by atoms with Crippen LogP contribution in [0.15, 0.2) is 4.99 Å². The second-order valence-corrected chi connectivity index (χ2v) is 7.43. The van der Waals surface area contributed by atoms with Crippen LogP contribution in [0.1, 0.15) is 55.0 Å². The quantitative estimate of drug-likeness (QED) is 0.250. The number of aliphatic imine (C=N–C) groups is 1. The van der Waals surface area contributed by atoms with Gasteiger partial charge in [-0.1, -0.05) is 13.8 Å². The first-order chi connectivity index (χ1) is 12.3. The van der Waals surface area contributed by atoms with E-state index in [4.69, 9.17) is 12.6 Å². The van der Waals surface area contributed by atoms with E-state index in [2.05, 4.69) is 9.73 Å². The summed E-state index contributed by atoms with van der Waals surface area (Å²) in [6, 6.07) is -1.02. The summed E-state index contributed by atoms with van der Waals surface area (Å²) in [6.45, 7) is 12.9. The molecule has 0 aromatic heterocycles. The lowest BCUT2D eigenvalue weighted by molar-refractivity contribution is -0.248. The lowest BCUT2D eigenvalue weighted by atomic mass is 9.72. The molecule has 0 aliphatic heterocycles. The predicted octanol–water partition coefficient (Wildman–Crippen LogP) is 1.94. The number of benzene rings is 1. The van der Waals surface area contributed by atoms with Crippen molar-refractivity contribution in [2.45, 2.75) is 66.3 Å². The van der Waals surface area contributed by atoms with Crippen LogP contribution in [0.4, 0.5) is 0 Å². The summed E-state index contributed by atoms with van der Waals surface area (Å²) in [6.07, 6.45) is -0.746. The highest BCUT2D eigenvalue weighted by molar-refractivity contribution is 6.57. The molecule has 1 aromatic carbocycles. The Labute approximate surface area is 162 Å². The van der Waals surface area contributed by atoms with Crippen molar-refractivity contribution in [1.29, 1.82) is 0 Å². The standard InChI is InChI=1S/C20H28BNO5/c1-10-11(2)13(4)17(27-18(24)14(5)22-19(25)26-8)16(12(10)3)20(6,7)9-15(21)23/h14H,9H2,1-8H3,(H,22,25)/p-1. The van der Waals surface area contributed by atoms with Crippen molar-refractivity contribution < 1.29 is 24.2 Å². The summed E-state index contributed by atoms with van der Waals surface area (Å²) in [5.41, 5.74) is 3.45. The molecule has 0 saturated heterocycles. The number of esters is 1. The summed E-state index contributed by atoms with van der Waals surface area (Å²) in [5.74, 6) is -0.291. The van der Waals surface area contributed by atoms with Crippen LogP contribution in [-0.4, -0.2) is 38.7 Å². The molecule has 0 heterocycles. The molecule has 7 heteroatoms. The molecule has 0 aliphatic carbocycles. The second-order valence-electron chi connectivity index (χ2n) is 7.43. The average Bonchev–Trinajstić information content (AvgIpc) is 2.55. The van der Waals surface area contributed by atoms with Gasteiger partial charge >= 0.3 is 5.97 Å². The van der Waals surface area contributed by atoms with Crippen molar-refractivity contribution in [1.82, 2.24) is 0 Å². The fourth-order valence-electron chi connectivity index (χ4n) is 3.19. The Morgan fingerprint density at radius 3 is 2.11 bits per heavy atom. The summed E-state index contributed by atoms with van der Waals surface area (Å²) < 4.78 is 10.1. The van der Waals surface area contributed by atoms with Gasteiger partial charge in [0.15, 0.2) is 7.85 Å². The molecule has 6 nitrogen and oxygen atoms in total. The van der Waals surface area contributed by atoms with Crippen LogP contribution < -0.4 is 9.84 Å². The van der Waals surface area contributed by atoms with Gasteiger partial charge in [-0.15, -0.1) is 0 Å². The Morgan fingerprint density at radius 1 is 1.11 bits per heavy atom. The third-order valence-corrected chi connectivity index (χ3v) is 4.94. The van der Waals surface area contributed by atoms with Crippen LogP contribution in [0, 0.1) is 27.7 Å². The molecule has 0 aliphatic rings. The maximum absolute atomic E-state index is 12.5. The molecule has 0 amide bonds. The summed E-state index contributed by atoms with van der Waals surface area (Å²) in [7, 11) is 6.61. The van der Waals surface area contributed by atoms with Crippen molar-refractivity contribution in [3.05, 3.63) is 27.8 Å². The van der Waals surface area contributed by atoms with Crippen molar-refractivity contribution in [3.8, 4) is 5.75 Å². The molecule has 1 rings (SSSR count). The zero-order valence-electron chi connectivity index (χ0n) is 17.4. The zero-order chi connectivity index (χ0) is 21.1. The number of nitrogens with zero attached hydrogens (tertiary/aromatic N) is 1. The molecular formula is C20H27BNO5-. The molecule has 1 atom stereocenters. The highest BCUT2D eigenvalue weighted by Crippen LogP contribution is 2.42. The number of rotatable bonds is 6.